The van der Waals surface area contributed by atoms with Crippen molar-refractivity contribution in [1.29, 1.82) is 5.26 Å². The first-order valence-corrected chi connectivity index (χ1v) is 8.07. The number of aliphatic hydroxyl groups excluding tert-OH is 1. The van der Waals surface area contributed by atoms with Gasteiger partial charge >= 0.3 is 5.97 Å². The number of hydrogen-bond donors (Lipinski definition) is 2. The summed E-state index contributed by atoms with van der Waals surface area (Å²) in [7, 11) is 1.25. The van der Waals surface area contributed by atoms with E-state index in [0.717, 1.165) is 6.07 Å². The number of nitriles is 1. The highest BCUT2D eigenvalue weighted by Gasteiger charge is 2.36. The van der Waals surface area contributed by atoms with E-state index >= 15 is 0 Å². The maximum Gasteiger partial charge on any atom is 0.336 e. The molecular weight excluding hydrogens is 347 g/mol. The van der Waals surface area contributed by atoms with Crippen LogP contribution >= 0.6 is 11.6 Å². The number of nitrogens with one attached hydrogen (secondary N) is 1. The lowest BCUT2D eigenvalue weighted by atomic mass is 9.80. The van der Waals surface area contributed by atoms with Gasteiger partial charge in [-0.15, -0.1) is 0 Å². The third-order valence-corrected chi connectivity index (χ3v) is 4.36. The van der Waals surface area contributed by atoms with Gasteiger partial charge in [0, 0.05) is 23.0 Å². The first kappa shape index (κ1) is 19.0. The Morgan fingerprint density at radius 1 is 1.52 bits per heavy atom. The second kappa shape index (κ2) is 8.15. The Morgan fingerprint density at radius 3 is 2.80 bits per heavy atom. The normalized spacial score (nSPS) is 17.2. The van der Waals surface area contributed by atoms with Crippen LogP contribution in [-0.2, 0) is 9.53 Å². The molecule has 1 unspecified atom stereocenters. The van der Waals surface area contributed by atoms with Crippen LogP contribution in [0.5, 0.6) is 0 Å². The molecule has 0 amide bonds. The summed E-state index contributed by atoms with van der Waals surface area (Å²) in [6.07, 6.45) is 0.828. The van der Waals surface area contributed by atoms with Crippen LogP contribution in [0.4, 0.5) is 4.39 Å². The average Bonchev–Trinajstić information content (AvgIpc) is 2.58. The van der Waals surface area contributed by atoms with Gasteiger partial charge in [0.25, 0.3) is 0 Å². The van der Waals surface area contributed by atoms with Gasteiger partial charge < -0.3 is 15.2 Å². The Labute approximate surface area is 150 Å². The van der Waals surface area contributed by atoms with E-state index in [1.807, 2.05) is 0 Å². The van der Waals surface area contributed by atoms with Gasteiger partial charge in [0.05, 0.1) is 30.2 Å². The predicted molar refractivity (Wildman–Crippen MR) is 91.0 cm³/mol. The lowest BCUT2D eigenvalue weighted by molar-refractivity contribution is -0.136. The summed E-state index contributed by atoms with van der Waals surface area (Å²) in [6.45, 7) is 1.67. The van der Waals surface area contributed by atoms with Crippen LogP contribution in [0.25, 0.3) is 0 Å². The highest BCUT2D eigenvalue weighted by Crippen LogP contribution is 2.41. The van der Waals surface area contributed by atoms with Crippen molar-refractivity contribution >= 4 is 17.6 Å². The highest BCUT2D eigenvalue weighted by molar-refractivity contribution is 6.31. The molecular formula is C18H18ClFN2O3. The van der Waals surface area contributed by atoms with E-state index in [1.165, 1.54) is 19.2 Å². The number of esters is 1. The summed E-state index contributed by atoms with van der Waals surface area (Å²) in [6, 6.07) is 5.94. The number of rotatable bonds is 5. The van der Waals surface area contributed by atoms with Crippen molar-refractivity contribution in [2.45, 2.75) is 25.7 Å². The van der Waals surface area contributed by atoms with Gasteiger partial charge in [-0.25, -0.2) is 9.18 Å². The van der Waals surface area contributed by atoms with E-state index in [-0.39, 0.29) is 17.2 Å². The molecule has 0 bridgehead atoms. The molecule has 2 rings (SSSR count). The first-order valence-electron chi connectivity index (χ1n) is 7.69. The molecule has 0 fully saturated rings. The van der Waals surface area contributed by atoms with E-state index in [1.54, 1.807) is 6.92 Å². The van der Waals surface area contributed by atoms with Crippen molar-refractivity contribution in [3.63, 3.8) is 0 Å². The number of hydrogen-bond acceptors (Lipinski definition) is 5. The van der Waals surface area contributed by atoms with Gasteiger partial charge in [-0.05, 0) is 37.5 Å². The van der Waals surface area contributed by atoms with Crippen LogP contribution in [0.3, 0.4) is 0 Å². The molecule has 1 aromatic rings. The second-order valence-corrected chi connectivity index (χ2v) is 5.99. The summed E-state index contributed by atoms with van der Waals surface area (Å²) in [4.78, 5) is 12.4. The lowest BCUT2D eigenvalue weighted by Crippen LogP contribution is -2.29. The number of nitrogens with zero attached hydrogens (tertiary/aromatic N) is 1. The van der Waals surface area contributed by atoms with Crippen molar-refractivity contribution in [3.05, 3.63) is 57.1 Å². The van der Waals surface area contributed by atoms with Gasteiger partial charge in [-0.2, -0.15) is 5.26 Å². The standard InChI is InChI=1S/C18H18ClFN2O3/c1-10-13(9-21)16(12-6-5-11(20)8-14(12)19)17(18(24)25-2)15(22-10)4-3-7-23/h5-6,8,16,22-23H,3-4,7H2,1-2H3. The smallest absolute Gasteiger partial charge is 0.336 e. The van der Waals surface area contributed by atoms with Gasteiger partial charge in [0.15, 0.2) is 0 Å². The third kappa shape index (κ3) is 3.84. The molecule has 25 heavy (non-hydrogen) atoms. The van der Waals surface area contributed by atoms with E-state index in [4.69, 9.17) is 21.4 Å². The summed E-state index contributed by atoms with van der Waals surface area (Å²) >= 11 is 6.19. The monoisotopic (exact) mass is 364 g/mol. The van der Waals surface area contributed by atoms with Gasteiger partial charge in [0.2, 0.25) is 0 Å². The SMILES string of the molecule is COC(=O)C1=C(CCCO)NC(C)=C(C#N)C1c1ccc(F)cc1Cl. The number of carbonyl (C=O) groups excluding carboxylic acids is 1. The second-order valence-electron chi connectivity index (χ2n) is 5.59. The minimum atomic E-state index is -0.763. The third-order valence-electron chi connectivity index (χ3n) is 4.03. The molecule has 0 radical (unpaired) electrons. The number of benzene rings is 1. The van der Waals surface area contributed by atoms with E-state index in [2.05, 4.69) is 11.4 Å². The Kier molecular flexibility index (Phi) is 6.18. The summed E-state index contributed by atoms with van der Waals surface area (Å²) in [5.74, 6) is -1.88. The van der Waals surface area contributed by atoms with Crippen molar-refractivity contribution in [1.82, 2.24) is 5.32 Å². The Morgan fingerprint density at radius 2 is 2.24 bits per heavy atom. The average molecular weight is 365 g/mol. The fourth-order valence-electron chi connectivity index (χ4n) is 2.90. The number of methoxy groups -OCH3 is 1. The molecule has 0 saturated heterocycles. The Balaban J connectivity index is 2.69. The predicted octanol–water partition coefficient (Wildman–Crippen LogP) is 3.16. The fourth-order valence-corrected chi connectivity index (χ4v) is 3.17. The van der Waals surface area contributed by atoms with E-state index < -0.39 is 17.7 Å². The Hall–Kier alpha value is -2.36. The molecule has 5 nitrogen and oxygen atoms in total. The van der Waals surface area contributed by atoms with Crippen LogP contribution < -0.4 is 5.32 Å². The zero-order valence-corrected chi connectivity index (χ0v) is 14.7. The van der Waals surface area contributed by atoms with Gasteiger partial charge in [0.1, 0.15) is 5.82 Å². The minimum absolute atomic E-state index is 0.0462. The molecule has 132 valence electrons. The minimum Gasteiger partial charge on any atom is -0.466 e. The molecule has 1 aliphatic heterocycles. The molecule has 7 heteroatoms. The fraction of sp³-hybridized carbons (Fsp3) is 0.333. The molecule has 0 spiro atoms. The molecule has 0 aliphatic carbocycles. The molecule has 0 aromatic heterocycles. The molecule has 1 aromatic carbocycles. The largest absolute Gasteiger partial charge is 0.466 e. The molecule has 2 N–H and O–H groups in total. The zero-order chi connectivity index (χ0) is 18.6. The maximum atomic E-state index is 13.4. The van der Waals surface area contributed by atoms with Crippen molar-refractivity contribution in [2.24, 2.45) is 0 Å². The number of dihydropyridines is 1. The van der Waals surface area contributed by atoms with Crippen molar-refractivity contribution in [3.8, 4) is 6.07 Å². The number of carbonyl (C=O) groups is 1. The number of halogens is 2. The van der Waals surface area contributed by atoms with Gasteiger partial charge in [-0.3, -0.25) is 0 Å². The summed E-state index contributed by atoms with van der Waals surface area (Å²) < 4.78 is 18.3. The van der Waals surface area contributed by atoms with Gasteiger partial charge in [-0.1, -0.05) is 17.7 Å². The Bertz CT molecular complexity index is 796. The summed E-state index contributed by atoms with van der Waals surface area (Å²) in [5, 5.41) is 21.9. The van der Waals surface area contributed by atoms with Crippen LogP contribution in [0.2, 0.25) is 5.02 Å². The van der Waals surface area contributed by atoms with Crippen molar-refractivity contribution < 1.29 is 19.0 Å². The van der Waals surface area contributed by atoms with Crippen LogP contribution in [0.15, 0.2) is 40.7 Å². The van der Waals surface area contributed by atoms with Crippen LogP contribution in [-0.4, -0.2) is 24.8 Å². The number of aliphatic hydroxyl groups is 1. The van der Waals surface area contributed by atoms with E-state index in [9.17, 15) is 14.4 Å². The highest BCUT2D eigenvalue weighted by atomic mass is 35.5. The molecule has 1 aliphatic rings. The molecule has 0 saturated carbocycles. The topological polar surface area (TPSA) is 82.3 Å². The zero-order valence-electron chi connectivity index (χ0n) is 13.9. The summed E-state index contributed by atoms with van der Waals surface area (Å²) in [5.41, 5.74) is 2.13. The van der Waals surface area contributed by atoms with Crippen LogP contribution in [0.1, 0.15) is 31.2 Å². The van der Waals surface area contributed by atoms with E-state index in [0.29, 0.717) is 35.4 Å². The first-order chi connectivity index (χ1) is 11.9. The molecule has 1 heterocycles. The molecule has 1 atom stereocenters. The number of allylic oxidation sites excluding steroid dienone is 3. The quantitative estimate of drug-likeness (QED) is 0.784. The van der Waals surface area contributed by atoms with Crippen molar-refractivity contribution in [2.75, 3.05) is 13.7 Å². The number of ether oxygens (including phenoxy) is 1. The van der Waals surface area contributed by atoms with Crippen LogP contribution in [0, 0.1) is 17.1 Å². The lowest BCUT2D eigenvalue weighted by Gasteiger charge is -2.30. The maximum absolute atomic E-state index is 13.4.